The predicted octanol–water partition coefficient (Wildman–Crippen LogP) is 0.938. The number of ether oxygens (including phenoxy) is 2. The number of nitrogens with one attached hydrogen (secondary N) is 2. The molecule has 2 heterocycles. The monoisotopic (exact) mass is 312 g/mol. The molecular formula is C13H16N2O5S. The zero-order valence-corrected chi connectivity index (χ0v) is 12.1. The van der Waals surface area contributed by atoms with E-state index >= 15 is 0 Å². The van der Waals surface area contributed by atoms with Crippen molar-refractivity contribution in [2.24, 2.45) is 0 Å². The standard InChI is InChI=1S/C13H16N2O5S/c16-13-7-20-12-6-9(3-4-11(12)14-13)15-21(17,18)8-10-2-1-5-19-10/h3-4,6,10,15H,1-2,5,7-8H2,(H,14,16). The first kappa shape index (κ1) is 14.2. The van der Waals surface area contributed by atoms with Crippen molar-refractivity contribution >= 4 is 27.3 Å². The molecule has 1 amide bonds. The summed E-state index contributed by atoms with van der Waals surface area (Å²) >= 11 is 0. The Kier molecular flexibility index (Phi) is 3.73. The lowest BCUT2D eigenvalue weighted by atomic mass is 10.2. The maximum atomic E-state index is 12.1. The Hall–Kier alpha value is -1.80. The fourth-order valence-electron chi connectivity index (χ4n) is 2.38. The van der Waals surface area contributed by atoms with Crippen molar-refractivity contribution < 1.29 is 22.7 Å². The van der Waals surface area contributed by atoms with Gasteiger partial charge in [0.2, 0.25) is 10.0 Å². The average Bonchev–Trinajstić information content (AvgIpc) is 2.90. The van der Waals surface area contributed by atoms with Crippen LogP contribution in [0.1, 0.15) is 12.8 Å². The van der Waals surface area contributed by atoms with Crippen molar-refractivity contribution in [3.8, 4) is 5.75 Å². The Morgan fingerprint density at radius 1 is 1.38 bits per heavy atom. The lowest BCUT2D eigenvalue weighted by Crippen LogP contribution is -2.27. The number of anilines is 2. The molecule has 1 aromatic carbocycles. The van der Waals surface area contributed by atoms with Crippen LogP contribution in [0.3, 0.4) is 0 Å². The first-order chi connectivity index (χ1) is 10.0. The first-order valence-corrected chi connectivity index (χ1v) is 8.36. The van der Waals surface area contributed by atoms with E-state index in [1.807, 2.05) is 0 Å². The van der Waals surface area contributed by atoms with Crippen molar-refractivity contribution in [1.29, 1.82) is 0 Å². The summed E-state index contributed by atoms with van der Waals surface area (Å²) in [6.45, 7) is 0.547. The SMILES string of the molecule is O=C1COc2cc(NS(=O)(=O)CC3CCCO3)ccc2N1. The summed E-state index contributed by atoms with van der Waals surface area (Å²) in [7, 11) is -3.47. The molecule has 2 aliphatic heterocycles. The molecule has 1 fully saturated rings. The summed E-state index contributed by atoms with van der Waals surface area (Å²) in [6.07, 6.45) is 1.42. The molecule has 0 spiro atoms. The Labute approximate surface area is 122 Å². The van der Waals surface area contributed by atoms with Crippen LogP contribution in [0.4, 0.5) is 11.4 Å². The first-order valence-electron chi connectivity index (χ1n) is 6.71. The van der Waals surface area contributed by atoms with Crippen LogP contribution in [0.5, 0.6) is 5.75 Å². The second-order valence-corrected chi connectivity index (χ2v) is 6.83. The number of hydrogen-bond acceptors (Lipinski definition) is 5. The third kappa shape index (κ3) is 3.45. The molecule has 7 nitrogen and oxygen atoms in total. The van der Waals surface area contributed by atoms with Crippen LogP contribution in [-0.2, 0) is 19.6 Å². The molecule has 8 heteroatoms. The van der Waals surface area contributed by atoms with Crippen LogP contribution < -0.4 is 14.8 Å². The lowest BCUT2D eigenvalue weighted by molar-refractivity contribution is -0.118. The average molecular weight is 312 g/mol. The highest BCUT2D eigenvalue weighted by atomic mass is 32.2. The molecule has 1 aromatic rings. The minimum atomic E-state index is -3.47. The third-order valence-corrected chi connectivity index (χ3v) is 4.67. The summed E-state index contributed by atoms with van der Waals surface area (Å²) < 4.78 is 37.2. The fraction of sp³-hybridized carbons (Fsp3) is 0.462. The van der Waals surface area contributed by atoms with E-state index in [0.717, 1.165) is 12.8 Å². The molecule has 0 aromatic heterocycles. The Balaban J connectivity index is 1.71. The van der Waals surface area contributed by atoms with Crippen molar-refractivity contribution in [3.63, 3.8) is 0 Å². The maximum Gasteiger partial charge on any atom is 0.262 e. The largest absolute Gasteiger partial charge is 0.482 e. The number of sulfonamides is 1. The number of fused-ring (bicyclic) bond motifs is 1. The van der Waals surface area contributed by atoms with Gasteiger partial charge in [-0.3, -0.25) is 9.52 Å². The van der Waals surface area contributed by atoms with Gasteiger partial charge >= 0.3 is 0 Å². The second-order valence-electron chi connectivity index (χ2n) is 5.07. The maximum absolute atomic E-state index is 12.1. The molecule has 1 unspecified atom stereocenters. The second kappa shape index (κ2) is 5.53. The van der Waals surface area contributed by atoms with Gasteiger partial charge in [-0.05, 0) is 25.0 Å². The predicted molar refractivity (Wildman–Crippen MR) is 77.0 cm³/mol. The summed E-state index contributed by atoms with van der Waals surface area (Å²) in [6, 6.07) is 4.75. The third-order valence-electron chi connectivity index (χ3n) is 3.32. The molecular weight excluding hydrogens is 296 g/mol. The van der Waals surface area contributed by atoms with Crippen molar-refractivity contribution in [2.45, 2.75) is 18.9 Å². The molecule has 0 saturated carbocycles. The van der Waals surface area contributed by atoms with E-state index in [-0.39, 0.29) is 24.4 Å². The molecule has 114 valence electrons. The topological polar surface area (TPSA) is 93.7 Å². The van der Waals surface area contributed by atoms with Crippen LogP contribution in [0.15, 0.2) is 18.2 Å². The highest BCUT2D eigenvalue weighted by molar-refractivity contribution is 7.92. The van der Waals surface area contributed by atoms with Gasteiger partial charge in [0.05, 0.1) is 23.2 Å². The molecule has 21 heavy (non-hydrogen) atoms. The summed E-state index contributed by atoms with van der Waals surface area (Å²) in [4.78, 5) is 11.2. The van der Waals surface area contributed by atoms with Crippen LogP contribution in [0.2, 0.25) is 0 Å². The minimum absolute atomic E-state index is 0.0539. The van der Waals surface area contributed by atoms with E-state index in [1.54, 1.807) is 18.2 Å². The fourth-order valence-corrected chi connectivity index (χ4v) is 3.70. The molecule has 3 rings (SSSR count). The summed E-state index contributed by atoms with van der Waals surface area (Å²) in [5, 5.41) is 2.65. The van der Waals surface area contributed by atoms with Crippen molar-refractivity contribution in [3.05, 3.63) is 18.2 Å². The van der Waals surface area contributed by atoms with Gasteiger partial charge in [0.1, 0.15) is 5.75 Å². The van der Waals surface area contributed by atoms with Crippen molar-refractivity contribution in [1.82, 2.24) is 0 Å². The zero-order valence-electron chi connectivity index (χ0n) is 11.3. The van der Waals surface area contributed by atoms with Gasteiger partial charge in [-0.15, -0.1) is 0 Å². The molecule has 0 radical (unpaired) electrons. The summed E-state index contributed by atoms with van der Waals surface area (Å²) in [5.74, 6) is 0.169. The van der Waals surface area contributed by atoms with E-state index in [0.29, 0.717) is 23.7 Å². The quantitative estimate of drug-likeness (QED) is 0.863. The highest BCUT2D eigenvalue weighted by Gasteiger charge is 2.24. The van der Waals surface area contributed by atoms with Gasteiger partial charge in [0.25, 0.3) is 5.91 Å². The van der Waals surface area contributed by atoms with E-state index < -0.39 is 10.0 Å². The number of carbonyl (C=O) groups excluding carboxylic acids is 1. The molecule has 2 N–H and O–H groups in total. The Morgan fingerprint density at radius 2 is 2.24 bits per heavy atom. The summed E-state index contributed by atoms with van der Waals surface area (Å²) in [5.41, 5.74) is 0.941. The highest BCUT2D eigenvalue weighted by Crippen LogP contribution is 2.31. The van der Waals surface area contributed by atoms with Crippen LogP contribution in [-0.4, -0.2) is 39.4 Å². The van der Waals surface area contributed by atoms with Crippen LogP contribution in [0, 0.1) is 0 Å². The zero-order chi connectivity index (χ0) is 14.9. The smallest absolute Gasteiger partial charge is 0.262 e. The van der Waals surface area contributed by atoms with E-state index in [9.17, 15) is 13.2 Å². The van der Waals surface area contributed by atoms with E-state index in [1.165, 1.54) is 0 Å². The van der Waals surface area contributed by atoms with Gasteiger partial charge in [0.15, 0.2) is 6.61 Å². The molecule has 0 aliphatic carbocycles. The lowest BCUT2D eigenvalue weighted by Gasteiger charge is -2.19. The minimum Gasteiger partial charge on any atom is -0.482 e. The van der Waals surface area contributed by atoms with Gasteiger partial charge < -0.3 is 14.8 Å². The molecule has 0 bridgehead atoms. The number of benzene rings is 1. The van der Waals surface area contributed by atoms with Crippen molar-refractivity contribution in [2.75, 3.05) is 29.0 Å². The van der Waals surface area contributed by atoms with Gasteiger partial charge in [-0.2, -0.15) is 0 Å². The Morgan fingerprint density at radius 3 is 3.00 bits per heavy atom. The van der Waals surface area contributed by atoms with E-state index in [2.05, 4.69) is 10.0 Å². The number of amides is 1. The molecule has 2 aliphatic rings. The van der Waals surface area contributed by atoms with E-state index in [4.69, 9.17) is 9.47 Å². The number of rotatable bonds is 4. The molecule has 1 atom stereocenters. The van der Waals surface area contributed by atoms with Gasteiger partial charge in [-0.1, -0.05) is 0 Å². The number of carbonyl (C=O) groups is 1. The normalized spacial score (nSPS) is 21.3. The number of hydrogen-bond donors (Lipinski definition) is 2. The van der Waals surface area contributed by atoms with Gasteiger partial charge in [0, 0.05) is 12.7 Å². The van der Waals surface area contributed by atoms with Crippen LogP contribution >= 0.6 is 0 Å². The molecule has 1 saturated heterocycles. The Bertz CT molecular complexity index is 653. The van der Waals surface area contributed by atoms with Gasteiger partial charge in [-0.25, -0.2) is 8.42 Å². The van der Waals surface area contributed by atoms with Crippen LogP contribution in [0.25, 0.3) is 0 Å².